The number of hydrogen-bond donors (Lipinski definition) is 0. The van der Waals surface area contributed by atoms with Gasteiger partial charge in [-0.15, -0.1) is 0 Å². The summed E-state index contributed by atoms with van der Waals surface area (Å²) in [5.74, 6) is 1.73. The number of aryl methyl sites for hydroxylation is 1. The first-order valence-corrected chi connectivity index (χ1v) is 11.2. The van der Waals surface area contributed by atoms with Gasteiger partial charge < -0.3 is 9.80 Å². The number of carbonyl (C=O) groups excluding carboxylic acids is 1. The molecule has 0 bridgehead atoms. The van der Waals surface area contributed by atoms with Gasteiger partial charge in [-0.25, -0.2) is 0 Å². The molecule has 2 aliphatic rings. The summed E-state index contributed by atoms with van der Waals surface area (Å²) < 4.78 is 0. The zero-order valence-corrected chi connectivity index (χ0v) is 22.0. The maximum atomic E-state index is 11.9. The molecule has 0 aromatic heterocycles. The number of amides is 1. The van der Waals surface area contributed by atoms with Crippen LogP contribution in [0.4, 0.5) is 5.69 Å². The van der Waals surface area contributed by atoms with Crippen molar-refractivity contribution >= 4 is 23.2 Å². The van der Waals surface area contributed by atoms with Crippen molar-refractivity contribution in [2.24, 2.45) is 11.8 Å². The van der Waals surface area contributed by atoms with Crippen molar-refractivity contribution in [1.82, 2.24) is 9.80 Å². The number of carbonyl (C=O) groups is 1. The Labute approximate surface area is 207 Å². The molecule has 1 aromatic carbocycles. The average Bonchev–Trinajstić information content (AvgIpc) is 2.70. The quantitative estimate of drug-likeness (QED) is 0.585. The summed E-state index contributed by atoms with van der Waals surface area (Å²) in [6.07, 6.45) is 7.09. The molecule has 0 atom stereocenters. The van der Waals surface area contributed by atoms with Crippen molar-refractivity contribution in [3.63, 3.8) is 0 Å². The molecule has 1 heterocycles. The van der Waals surface area contributed by atoms with E-state index in [2.05, 4.69) is 34.9 Å². The molecule has 0 unspecified atom stereocenters. The van der Waals surface area contributed by atoms with Gasteiger partial charge in [0.1, 0.15) is 0 Å². The molecule has 29 heavy (non-hydrogen) atoms. The largest absolute Gasteiger partial charge is 0.368 e. The number of halogens is 1. The fraction of sp³-hybridized carbons (Fsp3) is 0.696. The minimum Gasteiger partial charge on any atom is -0.368 e. The molecule has 1 saturated carbocycles. The molecule has 6 heteroatoms. The number of piperazine rings is 1. The van der Waals surface area contributed by atoms with E-state index in [0.29, 0.717) is 5.92 Å². The second-order valence-corrected chi connectivity index (χ2v) is 9.28. The van der Waals surface area contributed by atoms with Crippen LogP contribution in [-0.4, -0.2) is 62.5 Å². The Morgan fingerprint density at radius 2 is 1.69 bits per heavy atom. The number of benzene rings is 1. The van der Waals surface area contributed by atoms with Crippen LogP contribution in [0.2, 0.25) is 5.02 Å². The van der Waals surface area contributed by atoms with Gasteiger partial charge in [0.05, 0.1) is 10.7 Å². The molecule has 1 amide bonds. The summed E-state index contributed by atoms with van der Waals surface area (Å²) in [5.41, 5.74) is 2.34. The predicted molar refractivity (Wildman–Crippen MR) is 118 cm³/mol. The van der Waals surface area contributed by atoms with E-state index in [0.717, 1.165) is 49.1 Å². The van der Waals surface area contributed by atoms with Gasteiger partial charge >= 0.3 is 0 Å². The first-order valence-electron chi connectivity index (χ1n) is 10.9. The normalized spacial score (nSPS) is 22.8. The van der Waals surface area contributed by atoms with Crippen LogP contribution in [0.5, 0.6) is 0 Å². The molecule has 1 radical (unpaired) electrons. The van der Waals surface area contributed by atoms with Crippen LogP contribution in [0.25, 0.3) is 0 Å². The van der Waals surface area contributed by atoms with Crippen LogP contribution in [0, 0.1) is 18.8 Å². The number of nitrogens with zero attached hydrogens (tertiary/aromatic N) is 3. The molecular weight excluding hydrogens is 459 g/mol. The van der Waals surface area contributed by atoms with Crippen molar-refractivity contribution in [2.75, 3.05) is 51.7 Å². The predicted octanol–water partition coefficient (Wildman–Crippen LogP) is 4.44. The molecule has 2 fully saturated rings. The maximum Gasteiger partial charge on any atom is 0.222 e. The van der Waals surface area contributed by atoms with Crippen molar-refractivity contribution < 1.29 is 37.5 Å². The number of anilines is 1. The SMILES string of the molecule is Cc1cccc(N2CCN(CCC3CCC(CC(=O)N(C)C)CC3)CC2)c1Cl.[Y]. The van der Waals surface area contributed by atoms with Gasteiger partial charge in [0.15, 0.2) is 0 Å². The van der Waals surface area contributed by atoms with Gasteiger partial charge in [-0.1, -0.05) is 36.6 Å². The summed E-state index contributed by atoms with van der Waals surface area (Å²) in [5, 5.41) is 0.903. The third-order valence-electron chi connectivity index (χ3n) is 6.67. The van der Waals surface area contributed by atoms with Gasteiger partial charge in [0, 0.05) is 79.4 Å². The molecule has 1 saturated heterocycles. The average molecular weight is 495 g/mol. The van der Waals surface area contributed by atoms with Crippen molar-refractivity contribution in [1.29, 1.82) is 0 Å². The third-order valence-corrected chi connectivity index (χ3v) is 7.16. The smallest absolute Gasteiger partial charge is 0.222 e. The first kappa shape index (κ1) is 25.1. The Bertz CT molecular complexity index is 654. The standard InChI is InChI=1S/C23H36ClN3O.Y/c1-18-5-4-6-21(23(18)24)27-15-13-26(14-16-27)12-11-19-7-9-20(10-8-19)17-22(28)25(2)3;/h4-6,19-20H,7-17H2,1-3H3;. The van der Waals surface area contributed by atoms with Crippen LogP contribution < -0.4 is 4.90 Å². The van der Waals surface area contributed by atoms with E-state index in [1.54, 1.807) is 4.90 Å². The first-order chi connectivity index (χ1) is 13.4. The van der Waals surface area contributed by atoms with E-state index < -0.39 is 0 Å². The molecule has 1 aliphatic carbocycles. The Kier molecular flexibility index (Phi) is 10.4. The summed E-state index contributed by atoms with van der Waals surface area (Å²) in [4.78, 5) is 18.7. The summed E-state index contributed by atoms with van der Waals surface area (Å²) >= 11 is 6.51. The fourth-order valence-corrected chi connectivity index (χ4v) is 4.85. The van der Waals surface area contributed by atoms with Crippen LogP contribution >= 0.6 is 11.6 Å². The van der Waals surface area contributed by atoms with Crippen LogP contribution in [-0.2, 0) is 37.5 Å². The van der Waals surface area contributed by atoms with Gasteiger partial charge in [0.2, 0.25) is 5.91 Å². The zero-order valence-electron chi connectivity index (χ0n) is 18.4. The van der Waals surface area contributed by atoms with E-state index in [1.807, 2.05) is 14.1 Å². The monoisotopic (exact) mass is 494 g/mol. The molecule has 3 rings (SSSR count). The Morgan fingerprint density at radius 3 is 2.31 bits per heavy atom. The van der Waals surface area contributed by atoms with Crippen LogP contribution in [0.15, 0.2) is 18.2 Å². The van der Waals surface area contributed by atoms with E-state index in [9.17, 15) is 4.79 Å². The van der Waals surface area contributed by atoms with Crippen LogP contribution in [0.1, 0.15) is 44.1 Å². The second-order valence-electron chi connectivity index (χ2n) is 8.90. The summed E-state index contributed by atoms with van der Waals surface area (Å²) in [6, 6.07) is 6.32. The molecule has 0 N–H and O–H groups in total. The number of hydrogen-bond acceptors (Lipinski definition) is 3. The molecule has 4 nitrogen and oxygen atoms in total. The molecular formula is C23H36ClN3OY. The molecule has 159 valence electrons. The maximum absolute atomic E-state index is 11.9. The summed E-state index contributed by atoms with van der Waals surface area (Å²) in [7, 11) is 3.72. The van der Waals surface area contributed by atoms with Gasteiger partial charge in [0.25, 0.3) is 0 Å². The molecule has 1 aliphatic heterocycles. The number of rotatable bonds is 6. The van der Waals surface area contributed by atoms with Crippen molar-refractivity contribution in [2.45, 2.75) is 45.4 Å². The fourth-order valence-electron chi connectivity index (χ4n) is 4.61. The minimum atomic E-state index is 0. The van der Waals surface area contributed by atoms with E-state index in [1.165, 1.54) is 44.3 Å². The van der Waals surface area contributed by atoms with Crippen molar-refractivity contribution in [3.05, 3.63) is 28.8 Å². The third kappa shape index (κ3) is 7.19. The second kappa shape index (κ2) is 12.0. The van der Waals surface area contributed by atoms with E-state index in [4.69, 9.17) is 11.6 Å². The summed E-state index contributed by atoms with van der Waals surface area (Å²) in [6.45, 7) is 7.65. The van der Waals surface area contributed by atoms with Crippen molar-refractivity contribution in [3.8, 4) is 0 Å². The Morgan fingerprint density at radius 1 is 1.07 bits per heavy atom. The van der Waals surface area contributed by atoms with Gasteiger partial charge in [-0.2, -0.15) is 0 Å². The van der Waals surface area contributed by atoms with E-state index >= 15 is 0 Å². The zero-order chi connectivity index (χ0) is 20.1. The topological polar surface area (TPSA) is 26.8 Å². The molecule has 0 spiro atoms. The molecule has 1 aromatic rings. The van der Waals surface area contributed by atoms with Gasteiger partial charge in [-0.3, -0.25) is 9.69 Å². The van der Waals surface area contributed by atoms with E-state index in [-0.39, 0.29) is 38.6 Å². The van der Waals surface area contributed by atoms with Crippen LogP contribution in [0.3, 0.4) is 0 Å². The Balaban J connectivity index is 0.00000300. The Hall–Kier alpha value is -0.156. The van der Waals surface area contributed by atoms with Gasteiger partial charge in [-0.05, 0) is 56.2 Å². The minimum absolute atomic E-state index is 0.